The summed E-state index contributed by atoms with van der Waals surface area (Å²) >= 11 is 5.79. The van der Waals surface area contributed by atoms with E-state index in [1.807, 2.05) is 6.92 Å². The van der Waals surface area contributed by atoms with Crippen LogP contribution in [0.5, 0.6) is 0 Å². The number of halogens is 1. The lowest BCUT2D eigenvalue weighted by atomic mass is 10.00. The monoisotopic (exact) mass is 375 g/mol. The number of carboxylic acid groups (broad SMARTS) is 1. The molecule has 3 atom stereocenters. The Morgan fingerprint density at radius 1 is 1.16 bits per heavy atom. The van der Waals surface area contributed by atoms with E-state index in [4.69, 9.17) is 11.6 Å². The Hall–Kier alpha value is -2.36. The fourth-order valence-electron chi connectivity index (χ4n) is 3.20. The molecule has 1 aliphatic carbocycles. The van der Waals surface area contributed by atoms with Crippen molar-refractivity contribution in [1.82, 2.24) is 0 Å². The molecule has 0 unspecified atom stereocenters. The molecule has 2 aromatic rings. The minimum atomic E-state index is -4.02. The van der Waals surface area contributed by atoms with Gasteiger partial charge in [0.15, 0.2) is 15.3 Å². The second-order valence-electron chi connectivity index (χ2n) is 6.09. The van der Waals surface area contributed by atoms with Gasteiger partial charge in [0.2, 0.25) is 0 Å². The molecule has 0 aromatic heterocycles. The lowest BCUT2D eigenvalue weighted by Gasteiger charge is -2.05. The first-order chi connectivity index (χ1) is 11.7. The van der Waals surface area contributed by atoms with Crippen LogP contribution in [0.4, 0.5) is 0 Å². The topological polar surface area (TPSA) is 95.2 Å². The van der Waals surface area contributed by atoms with E-state index in [1.54, 1.807) is 30.3 Å². The number of hydrogen-bond acceptors (Lipinski definition) is 4. The maximum Gasteiger partial charge on any atom is 0.326 e. The van der Waals surface area contributed by atoms with Crippen molar-refractivity contribution in [2.75, 3.05) is 0 Å². The van der Waals surface area contributed by atoms with Crippen molar-refractivity contribution in [3.63, 3.8) is 0 Å². The Kier molecular flexibility index (Phi) is 4.10. The summed E-state index contributed by atoms with van der Waals surface area (Å²) in [6.07, 6.45) is 0. The maximum atomic E-state index is 13.0. The van der Waals surface area contributed by atoms with E-state index in [-0.39, 0.29) is 4.90 Å². The molecule has 0 bridgehead atoms. The summed E-state index contributed by atoms with van der Waals surface area (Å²) in [6, 6.07) is 14.1. The molecular weight excluding hydrogens is 362 g/mol. The molecule has 3 rings (SSSR count). The van der Waals surface area contributed by atoms with Crippen LogP contribution in [-0.4, -0.2) is 24.7 Å². The zero-order valence-corrected chi connectivity index (χ0v) is 14.8. The van der Waals surface area contributed by atoms with Gasteiger partial charge in [0.1, 0.15) is 5.25 Å². The number of nitriles is 1. The van der Waals surface area contributed by atoms with Gasteiger partial charge in [-0.05, 0) is 36.8 Å². The summed E-state index contributed by atoms with van der Waals surface area (Å²) in [5.74, 6) is -2.35. The highest BCUT2D eigenvalue weighted by atomic mass is 35.5. The van der Waals surface area contributed by atoms with Crippen LogP contribution in [0.15, 0.2) is 53.4 Å². The Balaban J connectivity index is 2.12. The molecule has 1 aliphatic rings. The third-order valence-electron chi connectivity index (χ3n) is 4.58. The summed E-state index contributed by atoms with van der Waals surface area (Å²) in [6.45, 7) is 1.87. The van der Waals surface area contributed by atoms with E-state index in [0.717, 1.165) is 5.56 Å². The van der Waals surface area contributed by atoms with Gasteiger partial charge < -0.3 is 5.11 Å². The van der Waals surface area contributed by atoms with E-state index in [2.05, 4.69) is 0 Å². The fraction of sp³-hybridized carbons (Fsp3) is 0.222. The number of nitrogens with zero attached hydrogens (tertiary/aromatic N) is 1. The molecule has 7 heteroatoms. The van der Waals surface area contributed by atoms with E-state index in [1.165, 1.54) is 24.3 Å². The third-order valence-corrected chi connectivity index (χ3v) is 7.08. The van der Waals surface area contributed by atoms with Gasteiger partial charge in [-0.2, -0.15) is 5.26 Å². The van der Waals surface area contributed by atoms with Crippen LogP contribution in [0.3, 0.4) is 0 Å². The predicted molar refractivity (Wildman–Crippen MR) is 92.0 cm³/mol. The zero-order valence-electron chi connectivity index (χ0n) is 13.2. The molecule has 0 amide bonds. The lowest BCUT2D eigenvalue weighted by molar-refractivity contribution is -0.141. The first-order valence-electron chi connectivity index (χ1n) is 7.46. The van der Waals surface area contributed by atoms with Crippen molar-refractivity contribution < 1.29 is 18.3 Å². The minimum absolute atomic E-state index is 0.0441. The largest absolute Gasteiger partial charge is 0.480 e. The number of aryl methyl sites for hydroxylation is 1. The first kappa shape index (κ1) is 17.5. The van der Waals surface area contributed by atoms with Gasteiger partial charge in [-0.3, -0.25) is 4.79 Å². The number of carbonyl (C=O) groups is 1. The minimum Gasteiger partial charge on any atom is -0.480 e. The fourth-order valence-corrected chi connectivity index (χ4v) is 5.57. The van der Waals surface area contributed by atoms with Crippen molar-refractivity contribution in [2.24, 2.45) is 5.41 Å². The molecule has 25 heavy (non-hydrogen) atoms. The Labute approximate surface area is 150 Å². The van der Waals surface area contributed by atoms with Crippen LogP contribution in [0, 0.1) is 23.7 Å². The second kappa shape index (κ2) is 5.87. The van der Waals surface area contributed by atoms with Crippen molar-refractivity contribution in [2.45, 2.75) is 23.0 Å². The van der Waals surface area contributed by atoms with E-state index in [0.29, 0.717) is 10.6 Å². The first-order valence-corrected chi connectivity index (χ1v) is 9.38. The van der Waals surface area contributed by atoms with Crippen LogP contribution < -0.4 is 0 Å². The normalized spacial score (nSPS) is 25.2. The van der Waals surface area contributed by atoms with Crippen LogP contribution in [0.2, 0.25) is 5.02 Å². The summed E-state index contributed by atoms with van der Waals surface area (Å²) in [5.41, 5.74) is -0.509. The standard InChI is InChI=1S/C18H14ClNO4S/c1-11-2-4-12(5-3-11)15-16(18(15,10-20)17(21)22)25(23,24)14-8-6-13(19)7-9-14/h2-9,15-16H,1H3,(H,21,22)/t15-,16-,18+/m1/s1. The van der Waals surface area contributed by atoms with E-state index in [9.17, 15) is 23.6 Å². The zero-order chi connectivity index (χ0) is 18.4. The van der Waals surface area contributed by atoms with Crippen molar-refractivity contribution >= 4 is 27.4 Å². The lowest BCUT2D eigenvalue weighted by Crippen LogP contribution is -2.22. The summed E-state index contributed by atoms with van der Waals surface area (Å²) in [4.78, 5) is 11.8. The van der Waals surface area contributed by atoms with E-state index < -0.39 is 32.4 Å². The van der Waals surface area contributed by atoms with Crippen LogP contribution in [0.1, 0.15) is 17.0 Å². The third kappa shape index (κ3) is 2.60. The number of sulfone groups is 1. The number of aliphatic carboxylic acids is 1. The van der Waals surface area contributed by atoms with Gasteiger partial charge >= 0.3 is 5.97 Å². The van der Waals surface area contributed by atoms with Gasteiger partial charge in [0.05, 0.1) is 11.0 Å². The molecule has 1 fully saturated rings. The second-order valence-corrected chi connectivity index (χ2v) is 8.60. The molecule has 0 heterocycles. The predicted octanol–water partition coefficient (Wildman–Crippen LogP) is 3.18. The van der Waals surface area contributed by atoms with Crippen LogP contribution >= 0.6 is 11.6 Å². The molecule has 1 N–H and O–H groups in total. The molecule has 0 spiro atoms. The number of hydrogen-bond donors (Lipinski definition) is 1. The van der Waals surface area contributed by atoms with Gasteiger partial charge in [-0.1, -0.05) is 41.4 Å². The quantitative estimate of drug-likeness (QED) is 0.885. The molecule has 128 valence electrons. The summed E-state index contributed by atoms with van der Waals surface area (Å²) in [7, 11) is -4.02. The molecular formula is C18H14ClNO4S. The van der Waals surface area contributed by atoms with Gasteiger partial charge in [0.25, 0.3) is 0 Å². The number of carboxylic acids is 1. The highest BCUT2D eigenvalue weighted by Crippen LogP contribution is 2.64. The van der Waals surface area contributed by atoms with Crippen molar-refractivity contribution in [3.8, 4) is 6.07 Å². The van der Waals surface area contributed by atoms with Crippen LogP contribution in [-0.2, 0) is 14.6 Å². The SMILES string of the molecule is Cc1ccc([C@@H]2[C@@H](S(=O)(=O)c3ccc(Cl)cc3)[C@@]2(C#N)C(=O)O)cc1. The highest BCUT2D eigenvalue weighted by Gasteiger charge is 2.77. The van der Waals surface area contributed by atoms with Crippen molar-refractivity contribution in [1.29, 1.82) is 5.26 Å². The number of rotatable bonds is 4. The average Bonchev–Trinajstić information content (AvgIpc) is 3.27. The Morgan fingerprint density at radius 2 is 1.72 bits per heavy atom. The average molecular weight is 376 g/mol. The van der Waals surface area contributed by atoms with Gasteiger partial charge in [0, 0.05) is 10.9 Å². The Bertz CT molecular complexity index is 977. The molecule has 5 nitrogen and oxygen atoms in total. The maximum absolute atomic E-state index is 13.0. The van der Waals surface area contributed by atoms with Gasteiger partial charge in [-0.25, -0.2) is 8.42 Å². The molecule has 2 aromatic carbocycles. The smallest absolute Gasteiger partial charge is 0.326 e. The molecule has 0 aliphatic heterocycles. The molecule has 1 saturated carbocycles. The highest BCUT2D eigenvalue weighted by molar-refractivity contribution is 7.92. The molecule has 0 saturated heterocycles. The van der Waals surface area contributed by atoms with Crippen molar-refractivity contribution in [3.05, 3.63) is 64.7 Å². The van der Waals surface area contributed by atoms with E-state index >= 15 is 0 Å². The van der Waals surface area contributed by atoms with Crippen LogP contribution in [0.25, 0.3) is 0 Å². The summed E-state index contributed by atoms with van der Waals surface area (Å²) in [5, 5.41) is 18.2. The summed E-state index contributed by atoms with van der Waals surface area (Å²) < 4.78 is 26.0. The number of benzene rings is 2. The Morgan fingerprint density at radius 3 is 2.20 bits per heavy atom. The van der Waals surface area contributed by atoms with Gasteiger partial charge in [-0.15, -0.1) is 0 Å². The molecule has 0 radical (unpaired) electrons.